The van der Waals surface area contributed by atoms with Crippen molar-refractivity contribution in [3.8, 4) is 0 Å². The van der Waals surface area contributed by atoms with Crippen LogP contribution in [0.3, 0.4) is 0 Å². The molecular weight excluding hydrogens is 224 g/mol. The van der Waals surface area contributed by atoms with Crippen LogP contribution in [0.5, 0.6) is 0 Å². The number of hydrogen-bond donors (Lipinski definition) is 0. The van der Waals surface area contributed by atoms with E-state index in [0.717, 1.165) is 22.6 Å². The number of carbonyl (C=O) groups is 1. The average molecular weight is 235 g/mol. The van der Waals surface area contributed by atoms with E-state index in [9.17, 15) is 4.79 Å². The van der Waals surface area contributed by atoms with E-state index in [2.05, 4.69) is 5.10 Å². The zero-order valence-corrected chi connectivity index (χ0v) is 9.61. The van der Waals surface area contributed by atoms with E-state index in [4.69, 9.17) is 11.6 Å². The lowest BCUT2D eigenvalue weighted by Gasteiger charge is -2.04. The topological polar surface area (TPSA) is 34.9 Å². The Morgan fingerprint density at radius 2 is 2.06 bits per heavy atom. The zero-order valence-electron chi connectivity index (χ0n) is 8.85. The van der Waals surface area contributed by atoms with E-state index in [1.807, 2.05) is 31.2 Å². The van der Waals surface area contributed by atoms with Gasteiger partial charge < -0.3 is 0 Å². The van der Waals surface area contributed by atoms with Gasteiger partial charge in [0, 0.05) is 10.7 Å². The Hall–Kier alpha value is -1.61. The van der Waals surface area contributed by atoms with Crippen molar-refractivity contribution < 1.29 is 4.79 Å². The van der Waals surface area contributed by atoms with Gasteiger partial charge in [-0.2, -0.15) is 5.10 Å². The van der Waals surface area contributed by atoms with Crippen LogP contribution in [-0.2, 0) is 6.54 Å². The van der Waals surface area contributed by atoms with Gasteiger partial charge >= 0.3 is 0 Å². The fraction of sp³-hybridized carbons (Fsp3) is 0.167. The van der Waals surface area contributed by atoms with Gasteiger partial charge in [-0.25, -0.2) is 0 Å². The van der Waals surface area contributed by atoms with Gasteiger partial charge in [-0.1, -0.05) is 23.7 Å². The molecule has 0 spiro atoms. The van der Waals surface area contributed by atoms with Crippen LogP contribution in [0.4, 0.5) is 0 Å². The average Bonchev–Trinajstić information content (AvgIpc) is 2.63. The van der Waals surface area contributed by atoms with Crippen LogP contribution in [0.25, 0.3) is 0 Å². The van der Waals surface area contributed by atoms with E-state index in [1.165, 1.54) is 0 Å². The van der Waals surface area contributed by atoms with E-state index < -0.39 is 0 Å². The Bertz CT molecular complexity index is 502. The van der Waals surface area contributed by atoms with Gasteiger partial charge in [-0.3, -0.25) is 9.48 Å². The molecule has 0 bridgehead atoms. The molecule has 0 atom stereocenters. The summed E-state index contributed by atoms with van der Waals surface area (Å²) in [6.45, 7) is 2.53. The van der Waals surface area contributed by atoms with Gasteiger partial charge in [-0.15, -0.1) is 0 Å². The first-order valence-electron chi connectivity index (χ1n) is 4.92. The van der Waals surface area contributed by atoms with Gasteiger partial charge in [0.15, 0.2) is 6.29 Å². The van der Waals surface area contributed by atoms with Crippen LogP contribution in [-0.4, -0.2) is 16.1 Å². The number of halogens is 1. The fourth-order valence-electron chi connectivity index (χ4n) is 1.50. The van der Waals surface area contributed by atoms with Crippen molar-refractivity contribution in [1.82, 2.24) is 9.78 Å². The van der Waals surface area contributed by atoms with Gasteiger partial charge in [-0.05, 0) is 24.6 Å². The first kappa shape index (κ1) is 10.9. The van der Waals surface area contributed by atoms with Crippen LogP contribution in [0, 0.1) is 6.92 Å². The minimum atomic E-state index is 0.633. The van der Waals surface area contributed by atoms with Gasteiger partial charge in [0.05, 0.1) is 18.3 Å². The zero-order chi connectivity index (χ0) is 11.5. The lowest BCUT2D eigenvalue weighted by molar-refractivity contribution is 0.112. The molecule has 1 aromatic heterocycles. The van der Waals surface area contributed by atoms with Gasteiger partial charge in [0.2, 0.25) is 0 Å². The van der Waals surface area contributed by atoms with Crippen LogP contribution in [0.2, 0.25) is 5.02 Å². The summed E-state index contributed by atoms with van der Waals surface area (Å²) in [6, 6.07) is 7.58. The highest BCUT2D eigenvalue weighted by atomic mass is 35.5. The summed E-state index contributed by atoms with van der Waals surface area (Å²) in [6.07, 6.45) is 2.40. The summed E-state index contributed by atoms with van der Waals surface area (Å²) < 4.78 is 1.80. The lowest BCUT2D eigenvalue weighted by atomic mass is 10.2. The SMILES string of the molecule is Cc1c(C=O)cnn1Cc1ccc(Cl)cc1. The van der Waals surface area contributed by atoms with Crippen molar-refractivity contribution in [2.45, 2.75) is 13.5 Å². The normalized spacial score (nSPS) is 10.4. The number of rotatable bonds is 3. The van der Waals surface area contributed by atoms with Gasteiger partial charge in [0.1, 0.15) is 0 Å². The molecule has 0 unspecified atom stereocenters. The molecule has 3 nitrogen and oxygen atoms in total. The summed E-state index contributed by atoms with van der Waals surface area (Å²) in [5.41, 5.74) is 2.62. The quantitative estimate of drug-likeness (QED) is 0.766. The van der Waals surface area contributed by atoms with Crippen molar-refractivity contribution in [2.75, 3.05) is 0 Å². The monoisotopic (exact) mass is 234 g/mol. The molecule has 4 heteroatoms. The maximum Gasteiger partial charge on any atom is 0.153 e. The van der Waals surface area contributed by atoms with Crippen molar-refractivity contribution in [1.29, 1.82) is 0 Å². The Labute approximate surface area is 98.7 Å². The summed E-state index contributed by atoms with van der Waals surface area (Å²) in [5, 5.41) is 4.87. The summed E-state index contributed by atoms with van der Waals surface area (Å²) in [5.74, 6) is 0. The van der Waals surface area contributed by atoms with Crippen molar-refractivity contribution in [3.63, 3.8) is 0 Å². The fourth-order valence-corrected chi connectivity index (χ4v) is 1.62. The molecule has 82 valence electrons. The number of aromatic nitrogens is 2. The van der Waals surface area contributed by atoms with Crippen LogP contribution >= 0.6 is 11.6 Å². The van der Waals surface area contributed by atoms with Crippen molar-refractivity contribution in [3.05, 3.63) is 52.3 Å². The second-order valence-corrected chi connectivity index (χ2v) is 4.02. The largest absolute Gasteiger partial charge is 0.298 e. The van der Waals surface area contributed by atoms with E-state index in [0.29, 0.717) is 12.1 Å². The number of aldehydes is 1. The van der Waals surface area contributed by atoms with Crippen LogP contribution in [0.15, 0.2) is 30.5 Å². The molecule has 0 fully saturated rings. The lowest BCUT2D eigenvalue weighted by Crippen LogP contribution is -2.03. The predicted molar refractivity (Wildman–Crippen MR) is 62.9 cm³/mol. The molecule has 0 N–H and O–H groups in total. The molecule has 1 aromatic carbocycles. The van der Waals surface area contributed by atoms with E-state index in [-0.39, 0.29) is 0 Å². The summed E-state index contributed by atoms with van der Waals surface area (Å²) >= 11 is 5.80. The Morgan fingerprint density at radius 1 is 1.38 bits per heavy atom. The van der Waals surface area contributed by atoms with Crippen molar-refractivity contribution in [2.24, 2.45) is 0 Å². The second kappa shape index (κ2) is 4.49. The molecule has 1 heterocycles. The first-order chi connectivity index (χ1) is 7.70. The first-order valence-corrected chi connectivity index (χ1v) is 5.30. The molecule has 0 radical (unpaired) electrons. The number of hydrogen-bond acceptors (Lipinski definition) is 2. The maximum absolute atomic E-state index is 10.7. The molecule has 0 saturated heterocycles. The summed E-state index contributed by atoms with van der Waals surface area (Å²) in [4.78, 5) is 10.7. The Kier molecular flexibility index (Phi) is 3.06. The number of nitrogens with zero attached hydrogens (tertiary/aromatic N) is 2. The Morgan fingerprint density at radius 3 is 2.62 bits per heavy atom. The molecule has 0 aliphatic heterocycles. The third-order valence-electron chi connectivity index (χ3n) is 2.51. The maximum atomic E-state index is 10.7. The standard InChI is InChI=1S/C12H11ClN2O/c1-9-11(8-16)6-14-15(9)7-10-2-4-12(13)5-3-10/h2-6,8H,7H2,1H3. The number of carbonyl (C=O) groups excluding carboxylic acids is 1. The van der Waals surface area contributed by atoms with Crippen molar-refractivity contribution >= 4 is 17.9 Å². The molecule has 0 saturated carbocycles. The predicted octanol–water partition coefficient (Wildman–Crippen LogP) is 2.71. The van der Waals surface area contributed by atoms with Crippen LogP contribution in [0.1, 0.15) is 21.6 Å². The highest BCUT2D eigenvalue weighted by Gasteiger charge is 2.05. The third kappa shape index (κ3) is 2.14. The van der Waals surface area contributed by atoms with E-state index >= 15 is 0 Å². The number of benzene rings is 1. The minimum Gasteiger partial charge on any atom is -0.298 e. The molecule has 2 aromatic rings. The van der Waals surface area contributed by atoms with E-state index in [1.54, 1.807) is 10.9 Å². The molecule has 2 rings (SSSR count). The molecular formula is C12H11ClN2O. The smallest absolute Gasteiger partial charge is 0.153 e. The third-order valence-corrected chi connectivity index (χ3v) is 2.77. The highest BCUT2D eigenvalue weighted by molar-refractivity contribution is 6.30. The second-order valence-electron chi connectivity index (χ2n) is 3.59. The van der Waals surface area contributed by atoms with Gasteiger partial charge in [0.25, 0.3) is 0 Å². The van der Waals surface area contributed by atoms with Crippen LogP contribution < -0.4 is 0 Å². The molecule has 0 aliphatic rings. The molecule has 16 heavy (non-hydrogen) atoms. The highest BCUT2D eigenvalue weighted by Crippen LogP contribution is 2.12. The Balaban J connectivity index is 2.23. The summed E-state index contributed by atoms with van der Waals surface area (Å²) in [7, 11) is 0. The minimum absolute atomic E-state index is 0.633. The molecule has 0 aliphatic carbocycles. The molecule has 0 amide bonds.